The van der Waals surface area contributed by atoms with Crippen molar-refractivity contribution in [3.63, 3.8) is 0 Å². The molecule has 0 spiro atoms. The Hall–Kier alpha value is -0.340. The Morgan fingerprint density at radius 1 is 1.38 bits per heavy atom. The van der Waals surface area contributed by atoms with Crippen molar-refractivity contribution < 1.29 is 17.5 Å². The van der Waals surface area contributed by atoms with Crippen molar-refractivity contribution in [2.45, 2.75) is 0 Å². The average molecular weight is 275 g/mol. The molecule has 0 saturated heterocycles. The van der Waals surface area contributed by atoms with Gasteiger partial charge in [0.2, 0.25) is 0 Å². The molecule has 0 aliphatic heterocycles. The summed E-state index contributed by atoms with van der Waals surface area (Å²) < 4.78 is 26.0. The van der Waals surface area contributed by atoms with Crippen molar-refractivity contribution >= 4 is 57.0 Å². The summed E-state index contributed by atoms with van der Waals surface area (Å²) in [6.07, 6.45) is 0.833. The fourth-order valence-electron chi connectivity index (χ4n) is 0.876. The van der Waals surface area contributed by atoms with Crippen LogP contribution in [0.1, 0.15) is 0 Å². The van der Waals surface area contributed by atoms with Gasteiger partial charge in [0, 0.05) is 41.7 Å². The summed E-state index contributed by atoms with van der Waals surface area (Å²) in [5.41, 5.74) is -0.332. The van der Waals surface area contributed by atoms with Gasteiger partial charge in [-0.2, -0.15) is 8.42 Å². The van der Waals surface area contributed by atoms with Crippen LogP contribution in [0.5, 0.6) is 5.75 Å². The molecule has 16 heavy (non-hydrogen) atoms. The summed E-state index contributed by atoms with van der Waals surface area (Å²) in [5.74, 6) is -0.184. The van der Waals surface area contributed by atoms with Gasteiger partial charge < -0.3 is 4.18 Å². The van der Waals surface area contributed by atoms with Crippen LogP contribution in [0.3, 0.4) is 0 Å². The van der Waals surface area contributed by atoms with Gasteiger partial charge in [0.1, 0.15) is 0 Å². The van der Waals surface area contributed by atoms with Crippen LogP contribution < -0.4 is 4.18 Å². The molecule has 1 aromatic rings. The Balaban J connectivity index is 0.00000225. The van der Waals surface area contributed by atoms with Crippen LogP contribution >= 0.6 is 11.6 Å². The van der Waals surface area contributed by atoms with Crippen molar-refractivity contribution in [2.75, 3.05) is 6.26 Å². The first-order valence-corrected chi connectivity index (χ1v) is 5.82. The molecule has 0 bridgehead atoms. The van der Waals surface area contributed by atoms with Gasteiger partial charge in [-0.3, -0.25) is 10.1 Å². The third kappa shape index (κ3) is 5.13. The molecule has 6 nitrogen and oxygen atoms in total. The molecule has 0 atom stereocenters. The predicted molar refractivity (Wildman–Crippen MR) is 59.3 cm³/mol. The fourth-order valence-corrected chi connectivity index (χ4v) is 1.54. The summed E-state index contributed by atoms with van der Waals surface area (Å²) in [6.45, 7) is 0. The predicted octanol–water partition coefficient (Wildman–Crippen LogP) is 1.21. The number of non-ortho nitro benzene ring substituents is 1. The van der Waals surface area contributed by atoms with E-state index >= 15 is 0 Å². The van der Waals surface area contributed by atoms with E-state index in [-0.39, 0.29) is 46.0 Å². The number of nitro groups is 1. The number of halogens is 1. The summed E-state index contributed by atoms with van der Waals surface area (Å²) in [7, 11) is -3.72. The molecule has 83 valence electrons. The summed E-state index contributed by atoms with van der Waals surface area (Å²) in [5, 5.41) is 10.4. The van der Waals surface area contributed by atoms with Gasteiger partial charge in [-0.25, -0.2) is 0 Å². The second kappa shape index (κ2) is 5.83. The van der Waals surface area contributed by atoms with Crippen LogP contribution in [0.15, 0.2) is 18.2 Å². The first-order chi connectivity index (χ1) is 6.78. The zero-order valence-corrected chi connectivity index (χ0v) is 12.1. The van der Waals surface area contributed by atoms with Gasteiger partial charge in [0.05, 0.1) is 22.3 Å². The Labute approximate surface area is 119 Å². The molecule has 0 aliphatic rings. The van der Waals surface area contributed by atoms with Crippen molar-refractivity contribution in [2.24, 2.45) is 0 Å². The first kappa shape index (κ1) is 15.7. The number of nitro benzene ring substituents is 1. The number of rotatable bonds is 3. The van der Waals surface area contributed by atoms with Gasteiger partial charge in [-0.1, -0.05) is 11.6 Å². The third-order valence-electron chi connectivity index (χ3n) is 1.31. The van der Waals surface area contributed by atoms with Crippen LogP contribution in [0, 0.1) is 10.1 Å². The molecule has 0 fully saturated rings. The molecular weight excluding hydrogens is 269 g/mol. The van der Waals surface area contributed by atoms with Crippen LogP contribution in [0.4, 0.5) is 5.69 Å². The van der Waals surface area contributed by atoms with Crippen LogP contribution in [0.2, 0.25) is 5.02 Å². The minimum atomic E-state index is -3.72. The normalized spacial score (nSPS) is 10.4. The molecule has 1 aromatic carbocycles. The monoisotopic (exact) mass is 274 g/mol. The molecule has 0 unspecified atom stereocenters. The maximum atomic E-state index is 10.8. The van der Waals surface area contributed by atoms with Gasteiger partial charge in [0.15, 0.2) is 5.75 Å². The van der Waals surface area contributed by atoms with Crippen LogP contribution in [0.25, 0.3) is 0 Å². The van der Waals surface area contributed by atoms with E-state index in [9.17, 15) is 18.5 Å². The molecule has 0 N–H and O–H groups in total. The van der Waals surface area contributed by atoms with E-state index in [1.165, 1.54) is 6.07 Å². The molecule has 0 aliphatic carbocycles. The number of benzene rings is 1. The van der Waals surface area contributed by atoms with E-state index in [1.54, 1.807) is 0 Å². The Bertz CT molecular complexity index is 503. The van der Waals surface area contributed by atoms with E-state index in [0.717, 1.165) is 18.4 Å². The first-order valence-electron chi connectivity index (χ1n) is 3.62. The Morgan fingerprint density at radius 2 is 1.94 bits per heavy atom. The molecule has 1 rings (SSSR count). The van der Waals surface area contributed by atoms with Crippen molar-refractivity contribution in [1.82, 2.24) is 0 Å². The van der Waals surface area contributed by atoms with Gasteiger partial charge >= 0.3 is 10.1 Å². The van der Waals surface area contributed by atoms with Gasteiger partial charge in [-0.05, 0) is 0 Å². The van der Waals surface area contributed by atoms with E-state index in [4.69, 9.17) is 11.6 Å². The minimum absolute atomic E-state index is 0. The smallest absolute Gasteiger partial charge is 0.306 e. The number of hydrogen-bond donors (Lipinski definition) is 0. The van der Waals surface area contributed by atoms with Gasteiger partial charge in [0.25, 0.3) is 5.69 Å². The zero-order chi connectivity index (χ0) is 11.6. The molecule has 0 aromatic heterocycles. The second-order valence-corrected chi connectivity index (χ2v) is 4.70. The number of hydrogen-bond acceptors (Lipinski definition) is 5. The quantitative estimate of drug-likeness (QED) is 0.358. The summed E-state index contributed by atoms with van der Waals surface area (Å²) in [4.78, 5) is 9.72. The third-order valence-corrected chi connectivity index (χ3v) is 2.03. The van der Waals surface area contributed by atoms with E-state index in [2.05, 4.69) is 4.18 Å². The Morgan fingerprint density at radius 3 is 2.38 bits per heavy atom. The van der Waals surface area contributed by atoms with Crippen molar-refractivity contribution in [3.8, 4) is 5.75 Å². The molecule has 9 heteroatoms. The summed E-state index contributed by atoms with van der Waals surface area (Å²) >= 11 is 5.54. The van der Waals surface area contributed by atoms with E-state index in [1.807, 2.05) is 0 Å². The molecule has 0 saturated carbocycles. The standard InChI is InChI=1S/C7H6ClNO5S.Na/c1-15(12,13)14-7-3-5(8)2-6(4-7)9(10)11;/h2-4H,1H3;. The SMILES string of the molecule is CS(=O)(=O)Oc1cc(Cl)cc([N+](=O)[O-])c1.[Na]. The topological polar surface area (TPSA) is 86.5 Å². The van der Waals surface area contributed by atoms with E-state index in [0.29, 0.717) is 0 Å². The maximum Gasteiger partial charge on any atom is 0.306 e. The fraction of sp³-hybridized carbons (Fsp3) is 0.143. The number of nitrogens with zero attached hydrogens (tertiary/aromatic N) is 1. The average Bonchev–Trinajstić information content (AvgIpc) is 1.99. The van der Waals surface area contributed by atoms with Crippen LogP contribution in [-0.2, 0) is 10.1 Å². The maximum absolute atomic E-state index is 10.8. The summed E-state index contributed by atoms with van der Waals surface area (Å²) in [6, 6.07) is 3.25. The zero-order valence-electron chi connectivity index (χ0n) is 8.51. The Kier molecular flexibility index (Phi) is 5.71. The van der Waals surface area contributed by atoms with Gasteiger partial charge in [-0.15, -0.1) is 0 Å². The largest absolute Gasteiger partial charge is 0.382 e. The van der Waals surface area contributed by atoms with Crippen LogP contribution in [-0.4, -0.2) is 49.2 Å². The molecule has 1 radical (unpaired) electrons. The van der Waals surface area contributed by atoms with Crippen molar-refractivity contribution in [1.29, 1.82) is 0 Å². The van der Waals surface area contributed by atoms with Crippen molar-refractivity contribution in [3.05, 3.63) is 33.3 Å². The molecule has 0 heterocycles. The van der Waals surface area contributed by atoms with E-state index < -0.39 is 15.0 Å². The minimum Gasteiger partial charge on any atom is -0.382 e. The molecule has 0 amide bonds. The molecular formula is C7H6ClNNaO5S. The second-order valence-electron chi connectivity index (χ2n) is 2.69.